The second kappa shape index (κ2) is 6.15. The SMILES string of the molecule is Cc1nc(N2CCOCC2)nc2c1COC[C@]21CCN(S(C)(=O)=O)C1. The van der Waals surface area contributed by atoms with Gasteiger partial charge in [0.1, 0.15) is 0 Å². The van der Waals surface area contributed by atoms with Crippen molar-refractivity contribution in [2.75, 3.05) is 57.2 Å². The van der Waals surface area contributed by atoms with Crippen molar-refractivity contribution in [3.63, 3.8) is 0 Å². The summed E-state index contributed by atoms with van der Waals surface area (Å²) in [4.78, 5) is 11.7. The molecule has 0 aromatic carbocycles. The molecule has 2 saturated heterocycles. The van der Waals surface area contributed by atoms with Gasteiger partial charge in [0.05, 0.1) is 43.8 Å². The molecule has 138 valence electrons. The Hall–Kier alpha value is -1.29. The molecule has 1 spiro atoms. The molecule has 3 aliphatic rings. The number of aryl methyl sites for hydroxylation is 1. The van der Waals surface area contributed by atoms with Gasteiger partial charge in [0.25, 0.3) is 0 Å². The second-order valence-electron chi connectivity index (χ2n) is 7.16. The van der Waals surface area contributed by atoms with Gasteiger partial charge in [-0.1, -0.05) is 0 Å². The van der Waals surface area contributed by atoms with Gasteiger partial charge in [-0.2, -0.15) is 0 Å². The molecule has 1 aromatic heterocycles. The smallest absolute Gasteiger partial charge is 0.225 e. The molecule has 4 rings (SSSR count). The molecule has 25 heavy (non-hydrogen) atoms. The third kappa shape index (κ3) is 3.03. The maximum absolute atomic E-state index is 12.0. The number of anilines is 1. The normalized spacial score (nSPS) is 27.7. The lowest BCUT2D eigenvalue weighted by Gasteiger charge is -2.36. The number of hydrogen-bond donors (Lipinski definition) is 0. The Labute approximate surface area is 148 Å². The van der Waals surface area contributed by atoms with Crippen molar-refractivity contribution in [2.45, 2.75) is 25.4 Å². The maximum Gasteiger partial charge on any atom is 0.225 e. The van der Waals surface area contributed by atoms with Gasteiger partial charge in [0.2, 0.25) is 16.0 Å². The minimum Gasteiger partial charge on any atom is -0.378 e. The van der Waals surface area contributed by atoms with E-state index < -0.39 is 10.0 Å². The van der Waals surface area contributed by atoms with Gasteiger partial charge in [-0.3, -0.25) is 0 Å². The van der Waals surface area contributed by atoms with Gasteiger partial charge >= 0.3 is 0 Å². The molecule has 2 fully saturated rings. The Morgan fingerprint density at radius 3 is 2.56 bits per heavy atom. The molecule has 8 nitrogen and oxygen atoms in total. The highest BCUT2D eigenvalue weighted by atomic mass is 32.2. The van der Waals surface area contributed by atoms with Crippen LogP contribution in [0.5, 0.6) is 0 Å². The van der Waals surface area contributed by atoms with Gasteiger partial charge in [0.15, 0.2) is 0 Å². The summed E-state index contributed by atoms with van der Waals surface area (Å²) >= 11 is 0. The molecule has 4 heterocycles. The summed E-state index contributed by atoms with van der Waals surface area (Å²) in [5.41, 5.74) is 2.53. The van der Waals surface area contributed by atoms with E-state index in [-0.39, 0.29) is 5.41 Å². The highest BCUT2D eigenvalue weighted by Crippen LogP contribution is 2.41. The standard InChI is InChI=1S/C16H24N4O4S/c1-12-13-9-24-11-16(3-4-20(10-16)25(2,21)22)14(13)18-15(17-12)19-5-7-23-8-6-19/h3-11H2,1-2H3/t16-/m1/s1. The van der Waals surface area contributed by atoms with Crippen LogP contribution >= 0.6 is 0 Å². The van der Waals surface area contributed by atoms with Gasteiger partial charge in [-0.15, -0.1) is 0 Å². The zero-order chi connectivity index (χ0) is 17.7. The van der Waals surface area contributed by atoms with Crippen molar-refractivity contribution < 1.29 is 17.9 Å². The summed E-state index contributed by atoms with van der Waals surface area (Å²) in [5.74, 6) is 0.721. The molecule has 0 bridgehead atoms. The van der Waals surface area contributed by atoms with E-state index in [0.29, 0.717) is 39.5 Å². The van der Waals surface area contributed by atoms with Gasteiger partial charge in [-0.25, -0.2) is 22.7 Å². The van der Waals surface area contributed by atoms with Gasteiger partial charge < -0.3 is 14.4 Å². The van der Waals surface area contributed by atoms with Gasteiger partial charge in [-0.05, 0) is 13.3 Å². The largest absolute Gasteiger partial charge is 0.378 e. The van der Waals surface area contributed by atoms with Crippen LogP contribution in [0.3, 0.4) is 0 Å². The average molecular weight is 368 g/mol. The molecule has 3 aliphatic heterocycles. The van der Waals surface area contributed by atoms with E-state index in [1.807, 2.05) is 6.92 Å². The number of aromatic nitrogens is 2. The van der Waals surface area contributed by atoms with E-state index in [4.69, 9.17) is 14.5 Å². The molecular weight excluding hydrogens is 344 g/mol. The third-order valence-corrected chi connectivity index (χ3v) is 6.66. The number of fused-ring (bicyclic) bond motifs is 2. The van der Waals surface area contributed by atoms with E-state index >= 15 is 0 Å². The first-order chi connectivity index (χ1) is 11.9. The first-order valence-corrected chi connectivity index (χ1v) is 10.5. The quantitative estimate of drug-likeness (QED) is 0.729. The van der Waals surface area contributed by atoms with Crippen molar-refractivity contribution in [3.05, 3.63) is 17.0 Å². The first-order valence-electron chi connectivity index (χ1n) is 8.63. The van der Waals surface area contributed by atoms with Crippen LogP contribution in [0.1, 0.15) is 23.4 Å². The Kier molecular flexibility index (Phi) is 4.22. The molecular formula is C16H24N4O4S. The van der Waals surface area contributed by atoms with Crippen molar-refractivity contribution in [1.82, 2.24) is 14.3 Å². The topological polar surface area (TPSA) is 84.9 Å². The van der Waals surface area contributed by atoms with Crippen LogP contribution in [0, 0.1) is 6.92 Å². The monoisotopic (exact) mass is 368 g/mol. The Bertz CT molecular complexity index is 779. The fraction of sp³-hybridized carbons (Fsp3) is 0.750. The zero-order valence-corrected chi connectivity index (χ0v) is 15.5. The number of hydrogen-bond acceptors (Lipinski definition) is 7. The highest BCUT2D eigenvalue weighted by molar-refractivity contribution is 7.88. The van der Waals surface area contributed by atoms with E-state index in [9.17, 15) is 8.42 Å². The van der Waals surface area contributed by atoms with E-state index in [2.05, 4.69) is 9.88 Å². The molecule has 9 heteroatoms. The van der Waals surface area contributed by atoms with E-state index in [1.165, 1.54) is 10.6 Å². The molecule has 0 saturated carbocycles. The van der Waals surface area contributed by atoms with Crippen LogP contribution in [0.2, 0.25) is 0 Å². The van der Waals surface area contributed by atoms with Crippen LogP contribution in [0.25, 0.3) is 0 Å². The second-order valence-corrected chi connectivity index (χ2v) is 9.14. The van der Waals surface area contributed by atoms with Crippen LogP contribution in [0.4, 0.5) is 5.95 Å². The molecule has 1 aromatic rings. The first kappa shape index (κ1) is 17.1. The summed E-state index contributed by atoms with van der Waals surface area (Å²) < 4.78 is 36.7. The average Bonchev–Trinajstić information content (AvgIpc) is 3.02. The number of sulfonamides is 1. The fourth-order valence-electron chi connectivity index (χ4n) is 3.94. The zero-order valence-electron chi connectivity index (χ0n) is 14.7. The summed E-state index contributed by atoms with van der Waals surface area (Å²) in [6.07, 6.45) is 1.99. The lowest BCUT2D eigenvalue weighted by Crippen LogP contribution is -2.43. The minimum atomic E-state index is -3.21. The Balaban J connectivity index is 1.74. The van der Waals surface area contributed by atoms with E-state index in [0.717, 1.165) is 42.4 Å². The molecule has 0 aliphatic carbocycles. The Morgan fingerprint density at radius 2 is 1.88 bits per heavy atom. The molecule has 0 unspecified atom stereocenters. The number of rotatable bonds is 2. The van der Waals surface area contributed by atoms with Crippen molar-refractivity contribution in [1.29, 1.82) is 0 Å². The number of ether oxygens (including phenoxy) is 2. The van der Waals surface area contributed by atoms with Crippen LogP contribution in [0.15, 0.2) is 0 Å². The van der Waals surface area contributed by atoms with E-state index in [1.54, 1.807) is 0 Å². The summed E-state index contributed by atoms with van der Waals surface area (Å²) in [5, 5.41) is 0. The number of nitrogens with zero attached hydrogens (tertiary/aromatic N) is 4. The summed E-state index contributed by atoms with van der Waals surface area (Å²) in [6, 6.07) is 0. The molecule has 0 N–H and O–H groups in total. The molecule has 1 atom stereocenters. The van der Waals surface area contributed by atoms with Gasteiger partial charge in [0, 0.05) is 37.4 Å². The maximum atomic E-state index is 12.0. The van der Waals surface area contributed by atoms with Crippen LogP contribution < -0.4 is 4.90 Å². The van der Waals surface area contributed by atoms with Crippen molar-refractivity contribution in [2.24, 2.45) is 0 Å². The predicted molar refractivity (Wildman–Crippen MR) is 92.2 cm³/mol. The lowest BCUT2D eigenvalue weighted by molar-refractivity contribution is 0.0525. The third-order valence-electron chi connectivity index (χ3n) is 5.41. The van der Waals surface area contributed by atoms with Crippen molar-refractivity contribution in [3.8, 4) is 0 Å². The van der Waals surface area contributed by atoms with Crippen molar-refractivity contribution >= 4 is 16.0 Å². The fourth-order valence-corrected chi connectivity index (χ4v) is 4.85. The summed E-state index contributed by atoms with van der Waals surface area (Å²) in [7, 11) is -3.21. The van der Waals surface area contributed by atoms with Crippen LogP contribution in [-0.2, 0) is 31.5 Å². The highest BCUT2D eigenvalue weighted by Gasteiger charge is 2.47. The molecule has 0 radical (unpaired) electrons. The lowest BCUT2D eigenvalue weighted by atomic mass is 9.80. The van der Waals surface area contributed by atoms with Crippen LogP contribution in [-0.4, -0.2) is 74.9 Å². The minimum absolute atomic E-state index is 0.370. The molecule has 0 amide bonds. The number of morpholine rings is 1. The Morgan fingerprint density at radius 1 is 1.12 bits per heavy atom. The predicted octanol–water partition coefficient (Wildman–Crippen LogP) is 0.0549. The summed E-state index contributed by atoms with van der Waals surface area (Å²) in [6.45, 7) is 6.82.